The van der Waals surface area contributed by atoms with E-state index in [9.17, 15) is 14.4 Å². The van der Waals surface area contributed by atoms with Gasteiger partial charge in [0.2, 0.25) is 0 Å². The second-order valence-corrected chi connectivity index (χ2v) is 9.35. The van der Waals surface area contributed by atoms with E-state index in [-0.39, 0.29) is 22.9 Å². The summed E-state index contributed by atoms with van der Waals surface area (Å²) < 4.78 is 15.9. The molecule has 0 bridgehead atoms. The third kappa shape index (κ3) is 6.59. The van der Waals surface area contributed by atoms with Crippen LogP contribution in [0.15, 0.2) is 53.9 Å². The molecular weight excluding hydrogens is 494 g/mol. The number of carbonyl (C=O) groups excluding carboxylic acids is 3. The highest BCUT2D eigenvalue weighted by atomic mass is 32.1. The third-order valence-electron chi connectivity index (χ3n) is 5.94. The molecule has 0 saturated carbocycles. The Kier molecular flexibility index (Phi) is 8.63. The minimum absolute atomic E-state index is 0.0289. The molecular formula is C27H29N3O6S. The standard InChI is InChI=1S/C27H29N3O6S/c1-34-22-15-20(21(16-23(22)35-2)29-26(32)24-7-6-14-37-24)27(33)36-17-25(31)28-18-8-10-19(11-9-18)30-12-4-3-5-13-30/h6-11,14-16H,3-5,12-13,17H2,1-2H3,(H,28,31)(H,29,32). The van der Waals surface area contributed by atoms with Gasteiger partial charge in [-0.15, -0.1) is 11.3 Å². The minimum Gasteiger partial charge on any atom is -0.493 e. The number of amides is 2. The van der Waals surface area contributed by atoms with E-state index in [0.717, 1.165) is 18.8 Å². The second kappa shape index (κ2) is 12.3. The molecule has 194 valence electrons. The number of rotatable bonds is 9. The summed E-state index contributed by atoms with van der Waals surface area (Å²) in [5, 5.41) is 7.22. The van der Waals surface area contributed by atoms with Crippen LogP contribution in [0, 0.1) is 0 Å². The Hall–Kier alpha value is -4.05. The fraction of sp³-hybridized carbons (Fsp3) is 0.296. The lowest BCUT2D eigenvalue weighted by molar-refractivity contribution is -0.119. The summed E-state index contributed by atoms with van der Waals surface area (Å²) in [7, 11) is 2.88. The van der Waals surface area contributed by atoms with Gasteiger partial charge in [0.15, 0.2) is 18.1 Å². The van der Waals surface area contributed by atoms with E-state index < -0.39 is 18.5 Å². The van der Waals surface area contributed by atoms with Gasteiger partial charge in [-0.3, -0.25) is 9.59 Å². The largest absolute Gasteiger partial charge is 0.493 e. The maximum atomic E-state index is 12.9. The summed E-state index contributed by atoms with van der Waals surface area (Å²) in [6, 6.07) is 13.9. The van der Waals surface area contributed by atoms with Gasteiger partial charge in [0, 0.05) is 36.6 Å². The Morgan fingerprint density at radius 2 is 1.62 bits per heavy atom. The summed E-state index contributed by atoms with van der Waals surface area (Å²) >= 11 is 1.27. The summed E-state index contributed by atoms with van der Waals surface area (Å²) in [5.74, 6) is -1.06. The van der Waals surface area contributed by atoms with E-state index in [1.807, 2.05) is 24.3 Å². The average Bonchev–Trinajstić information content (AvgIpc) is 3.48. The maximum absolute atomic E-state index is 12.9. The fourth-order valence-electron chi connectivity index (χ4n) is 4.06. The van der Waals surface area contributed by atoms with E-state index in [1.165, 1.54) is 57.0 Å². The molecule has 0 spiro atoms. The zero-order valence-corrected chi connectivity index (χ0v) is 21.6. The number of ether oxygens (including phenoxy) is 3. The molecule has 3 aromatic rings. The van der Waals surface area contributed by atoms with Crippen molar-refractivity contribution >= 4 is 46.2 Å². The van der Waals surface area contributed by atoms with E-state index in [2.05, 4.69) is 15.5 Å². The quantitative estimate of drug-likeness (QED) is 0.388. The highest BCUT2D eigenvalue weighted by Gasteiger charge is 2.21. The Morgan fingerprint density at radius 1 is 0.919 bits per heavy atom. The van der Waals surface area contributed by atoms with E-state index in [4.69, 9.17) is 14.2 Å². The van der Waals surface area contributed by atoms with E-state index >= 15 is 0 Å². The molecule has 1 aliphatic heterocycles. The van der Waals surface area contributed by atoms with Gasteiger partial charge >= 0.3 is 5.97 Å². The number of esters is 1. The Bertz CT molecular complexity index is 1240. The number of hydrogen-bond donors (Lipinski definition) is 2. The van der Waals surface area contributed by atoms with Crippen LogP contribution in [0.25, 0.3) is 0 Å². The molecule has 2 N–H and O–H groups in total. The normalized spacial score (nSPS) is 13.0. The predicted molar refractivity (Wildman–Crippen MR) is 143 cm³/mol. The molecule has 2 aromatic carbocycles. The third-order valence-corrected chi connectivity index (χ3v) is 6.81. The monoisotopic (exact) mass is 523 g/mol. The average molecular weight is 524 g/mol. The Balaban J connectivity index is 1.41. The van der Waals surface area contributed by atoms with Crippen LogP contribution < -0.4 is 25.0 Å². The Morgan fingerprint density at radius 3 is 2.27 bits per heavy atom. The van der Waals surface area contributed by atoms with Crippen LogP contribution >= 0.6 is 11.3 Å². The van der Waals surface area contributed by atoms with Crippen molar-refractivity contribution in [3.8, 4) is 11.5 Å². The number of nitrogens with one attached hydrogen (secondary N) is 2. The van der Waals surface area contributed by atoms with Crippen molar-refractivity contribution in [2.24, 2.45) is 0 Å². The molecule has 9 nitrogen and oxygen atoms in total. The summed E-state index contributed by atoms with van der Waals surface area (Å²) in [5.41, 5.74) is 1.93. The predicted octanol–water partition coefficient (Wildman–Crippen LogP) is 4.80. The lowest BCUT2D eigenvalue weighted by atomic mass is 10.1. The highest BCUT2D eigenvalue weighted by molar-refractivity contribution is 7.12. The summed E-state index contributed by atoms with van der Waals surface area (Å²) in [6.45, 7) is 1.57. The molecule has 1 aliphatic rings. The van der Waals surface area contributed by atoms with Gasteiger partial charge in [-0.25, -0.2) is 4.79 Å². The molecule has 1 aromatic heterocycles. The Labute approximate surface area is 219 Å². The van der Waals surface area contributed by atoms with Crippen molar-refractivity contribution in [3.05, 3.63) is 64.4 Å². The first-order valence-electron chi connectivity index (χ1n) is 11.9. The fourth-order valence-corrected chi connectivity index (χ4v) is 4.68. The molecule has 0 radical (unpaired) electrons. The van der Waals surface area contributed by atoms with Gasteiger partial charge in [0.25, 0.3) is 11.8 Å². The molecule has 0 atom stereocenters. The first-order valence-corrected chi connectivity index (χ1v) is 12.8. The molecule has 10 heteroatoms. The first-order chi connectivity index (χ1) is 18.0. The van der Waals surface area contributed by atoms with Crippen LogP contribution in [0.1, 0.15) is 39.3 Å². The topological polar surface area (TPSA) is 106 Å². The van der Waals surface area contributed by atoms with Crippen molar-refractivity contribution in [2.45, 2.75) is 19.3 Å². The zero-order valence-electron chi connectivity index (χ0n) is 20.7. The molecule has 2 amide bonds. The molecule has 37 heavy (non-hydrogen) atoms. The van der Waals surface area contributed by atoms with Crippen LogP contribution in [0.3, 0.4) is 0 Å². The van der Waals surface area contributed by atoms with Crippen molar-refractivity contribution in [2.75, 3.05) is 49.4 Å². The SMILES string of the molecule is COc1cc(NC(=O)c2cccs2)c(C(=O)OCC(=O)Nc2ccc(N3CCCCC3)cc2)cc1OC. The minimum atomic E-state index is -0.793. The number of nitrogens with zero attached hydrogens (tertiary/aromatic N) is 1. The molecule has 2 heterocycles. The summed E-state index contributed by atoms with van der Waals surface area (Å²) in [4.78, 5) is 40.8. The number of hydrogen-bond acceptors (Lipinski definition) is 8. The van der Waals surface area contributed by atoms with Crippen molar-refractivity contribution < 1.29 is 28.6 Å². The van der Waals surface area contributed by atoms with Gasteiger partial charge in [-0.1, -0.05) is 6.07 Å². The van der Waals surface area contributed by atoms with Crippen LogP contribution in [-0.2, 0) is 9.53 Å². The maximum Gasteiger partial charge on any atom is 0.340 e. The number of anilines is 3. The van der Waals surface area contributed by atoms with Crippen LogP contribution in [0.4, 0.5) is 17.1 Å². The molecule has 1 fully saturated rings. The zero-order chi connectivity index (χ0) is 26.2. The number of benzene rings is 2. The number of methoxy groups -OCH3 is 2. The van der Waals surface area contributed by atoms with Gasteiger partial charge in [0.05, 0.1) is 30.3 Å². The van der Waals surface area contributed by atoms with E-state index in [0.29, 0.717) is 16.3 Å². The second-order valence-electron chi connectivity index (χ2n) is 8.40. The molecule has 4 rings (SSSR count). The lowest BCUT2D eigenvalue weighted by Crippen LogP contribution is -2.29. The molecule has 1 saturated heterocycles. The first kappa shape index (κ1) is 26.0. The van der Waals surface area contributed by atoms with Gasteiger partial charge in [0.1, 0.15) is 0 Å². The van der Waals surface area contributed by atoms with Crippen molar-refractivity contribution in [1.82, 2.24) is 0 Å². The summed E-state index contributed by atoms with van der Waals surface area (Å²) in [6.07, 6.45) is 3.63. The van der Waals surface area contributed by atoms with Gasteiger partial charge < -0.3 is 29.7 Å². The van der Waals surface area contributed by atoms with Crippen LogP contribution in [0.2, 0.25) is 0 Å². The highest BCUT2D eigenvalue weighted by Crippen LogP contribution is 2.34. The smallest absolute Gasteiger partial charge is 0.340 e. The number of thiophene rings is 1. The van der Waals surface area contributed by atoms with Crippen LogP contribution in [0.5, 0.6) is 11.5 Å². The molecule has 0 aliphatic carbocycles. The van der Waals surface area contributed by atoms with E-state index in [1.54, 1.807) is 17.5 Å². The van der Waals surface area contributed by atoms with Gasteiger partial charge in [-0.2, -0.15) is 0 Å². The number of carbonyl (C=O) groups is 3. The van der Waals surface area contributed by atoms with Crippen molar-refractivity contribution in [3.63, 3.8) is 0 Å². The van der Waals surface area contributed by atoms with Crippen LogP contribution in [-0.4, -0.2) is 51.7 Å². The van der Waals surface area contributed by atoms with Crippen molar-refractivity contribution in [1.29, 1.82) is 0 Å². The number of piperidine rings is 1. The molecule has 0 unspecified atom stereocenters. The van der Waals surface area contributed by atoms with Gasteiger partial charge in [-0.05, 0) is 55.0 Å². The lowest BCUT2D eigenvalue weighted by Gasteiger charge is -2.28.